The summed E-state index contributed by atoms with van der Waals surface area (Å²) in [5.74, 6) is -10.4. The molecule has 38 nitrogen and oxygen atoms in total. The van der Waals surface area contributed by atoms with Gasteiger partial charge in [0.1, 0.15) is 12.8 Å². The molecule has 0 unspecified atom stereocenters. The summed E-state index contributed by atoms with van der Waals surface area (Å²) in [6.07, 6.45) is -32.6. The van der Waals surface area contributed by atoms with Gasteiger partial charge >= 0.3 is 69.8 Å². The monoisotopic (exact) mass is 1900 g/mol. The first kappa shape index (κ1) is 116. The third-order valence-corrected chi connectivity index (χ3v) is 12.9. The van der Waals surface area contributed by atoms with Gasteiger partial charge in [0.15, 0.2) is 0 Å². The molecule has 0 atom stereocenters. The number of nitrogens with two attached hydrogens (primary N) is 2. The lowest BCUT2D eigenvalue weighted by Gasteiger charge is -2.11. The van der Waals surface area contributed by atoms with Gasteiger partial charge < -0.3 is 62.4 Å². The number of nitrogen functional groups attached to an aromatic ring is 2. The lowest BCUT2D eigenvalue weighted by atomic mass is 10.1. The second-order valence-corrected chi connectivity index (χ2v) is 25.0. The number of nitrogens with zero attached hydrogens (tertiary/aromatic N) is 2. The Morgan fingerprint density at radius 2 is 0.672 bits per heavy atom. The molecule has 6 aromatic carbocycles. The SMILES string of the molecule is CC(=O)Nc1ccc(N)cc1.CC(=O)Nc1ccc(NC(=O)CC(=O)C(F)(F)F)cc1.CC(=O)Nc1ccc2[nH]c(=O)cc(C(F)(F)F)c2c1.CCOC(=O)CC(=O)C(F)(F)F.CCOC(=O)CC(=O)C(F)(F)F.Nc1ccccc1.O=S(=O)(O)O.O=S(=O)(O)O.O=[N+]([O-])O.O=c1cc(C(F)(F)F)c2cc([N+](=O)[O-])ccc2[nH]1.O=c1cc(C(F)(F)F)c2ccccc2[nH]1. The Balaban J connectivity index is 0. The highest BCUT2D eigenvalue weighted by atomic mass is 32.3. The highest BCUT2D eigenvalue weighted by Gasteiger charge is 2.42. The molecular weight excluding hydrogens is 1830 g/mol. The van der Waals surface area contributed by atoms with Gasteiger partial charge in [-0.2, -0.15) is 95.9 Å². The van der Waals surface area contributed by atoms with Crippen LogP contribution in [0.2, 0.25) is 0 Å². The fourth-order valence-electron chi connectivity index (χ4n) is 8.20. The number of hydrogen-bond donors (Lipinski definition) is 14. The predicted octanol–water partition coefficient (Wildman–Crippen LogP) is 12.6. The number of ether oxygens (including phenoxy) is 2. The van der Waals surface area contributed by atoms with Crippen molar-refractivity contribution in [1.82, 2.24) is 15.0 Å². The quantitative estimate of drug-likeness (QED) is 0.00969. The van der Waals surface area contributed by atoms with E-state index in [4.69, 9.17) is 61.8 Å². The Bertz CT molecular complexity index is 5630. The number of halogens is 18. The zero-order valence-corrected chi connectivity index (χ0v) is 66.6. The first-order valence-corrected chi connectivity index (χ1v) is 36.1. The number of hydrogen-bond acceptors (Lipinski definition) is 24. The minimum absolute atomic E-state index is 0.00426. The van der Waals surface area contributed by atoms with Crippen LogP contribution < -0.4 is 49.4 Å². The van der Waals surface area contributed by atoms with Crippen LogP contribution in [0.1, 0.15) is 70.6 Å². The molecule has 0 radical (unpaired) electrons. The predicted molar refractivity (Wildman–Crippen MR) is 412 cm³/mol. The summed E-state index contributed by atoms with van der Waals surface area (Å²) < 4.78 is 291. The molecule has 4 amide bonds. The molecule has 128 heavy (non-hydrogen) atoms. The molecule has 0 aliphatic carbocycles. The average molecular weight is 1900 g/mol. The van der Waals surface area contributed by atoms with Crippen LogP contribution in [0.5, 0.6) is 0 Å². The number of non-ortho nitro benzene ring substituents is 1. The van der Waals surface area contributed by atoms with E-state index in [-0.39, 0.29) is 63.7 Å². The van der Waals surface area contributed by atoms with Crippen molar-refractivity contribution in [3.8, 4) is 0 Å². The Hall–Kier alpha value is -14.5. The number of alkyl halides is 18. The van der Waals surface area contributed by atoms with E-state index in [1.54, 1.807) is 30.3 Å². The summed E-state index contributed by atoms with van der Waals surface area (Å²) in [7, 11) is -9.33. The second-order valence-electron chi connectivity index (χ2n) is 23.2. The number of carbonyl (C=O) groups is 9. The molecule has 0 spiro atoms. The van der Waals surface area contributed by atoms with Gasteiger partial charge in [-0.15, -0.1) is 10.1 Å². The summed E-state index contributed by atoms with van der Waals surface area (Å²) in [6, 6.07) is 36.3. The second kappa shape index (κ2) is 52.3. The van der Waals surface area contributed by atoms with Crippen molar-refractivity contribution in [2.75, 3.05) is 45.9 Å². The molecule has 702 valence electrons. The fourth-order valence-corrected chi connectivity index (χ4v) is 8.20. The molecule has 9 rings (SSSR count). The van der Waals surface area contributed by atoms with Gasteiger partial charge in [-0.05, 0) is 105 Å². The van der Waals surface area contributed by atoms with Gasteiger partial charge in [0.05, 0.1) is 41.2 Å². The number of nitrogens with one attached hydrogen (secondary N) is 7. The zero-order valence-electron chi connectivity index (χ0n) is 64.9. The number of pyridine rings is 3. The van der Waals surface area contributed by atoms with E-state index in [0.717, 1.165) is 29.6 Å². The van der Waals surface area contributed by atoms with Crippen molar-refractivity contribution in [3.63, 3.8) is 0 Å². The number of para-hydroxylation sites is 2. The van der Waals surface area contributed by atoms with Crippen molar-refractivity contribution in [3.05, 3.63) is 226 Å². The van der Waals surface area contributed by atoms with E-state index in [1.165, 1.54) is 95.3 Å². The number of esters is 2. The third kappa shape index (κ3) is 52.8. The van der Waals surface area contributed by atoms with Crippen LogP contribution in [-0.2, 0) is 92.0 Å². The molecule has 0 bridgehead atoms. The van der Waals surface area contributed by atoms with Gasteiger partial charge in [-0.25, -0.2) is 0 Å². The number of rotatable bonds is 13. The van der Waals surface area contributed by atoms with Gasteiger partial charge in [-0.3, -0.25) is 85.9 Å². The van der Waals surface area contributed by atoms with E-state index in [9.17, 15) is 147 Å². The first-order chi connectivity index (χ1) is 58.3. The molecular formula is C70H67F18N11O27S2. The van der Waals surface area contributed by atoms with Crippen LogP contribution in [0.15, 0.2) is 172 Å². The number of ketones is 3. The van der Waals surface area contributed by atoms with Crippen LogP contribution in [0.25, 0.3) is 32.7 Å². The van der Waals surface area contributed by atoms with Crippen LogP contribution >= 0.6 is 0 Å². The van der Waals surface area contributed by atoms with Crippen molar-refractivity contribution >= 4 is 146 Å². The maximum Gasteiger partial charge on any atom is 0.450 e. The number of H-pyrrole nitrogens is 3. The zero-order chi connectivity index (χ0) is 99.6. The Morgan fingerprint density at radius 1 is 0.398 bits per heavy atom. The van der Waals surface area contributed by atoms with Crippen molar-refractivity contribution in [2.24, 2.45) is 0 Å². The van der Waals surface area contributed by atoms with Crippen LogP contribution in [-0.4, -0.2) is 150 Å². The Morgan fingerprint density at radius 3 is 0.984 bits per heavy atom. The number of fused-ring (bicyclic) bond motifs is 3. The molecule has 0 saturated heterocycles. The Kier molecular flexibility index (Phi) is 47.2. The first-order valence-electron chi connectivity index (χ1n) is 33.3. The molecule has 3 heterocycles. The molecule has 0 aliphatic heterocycles. The topological polar surface area (TPSA) is 627 Å². The van der Waals surface area contributed by atoms with Gasteiger partial charge in [0.25, 0.3) is 10.8 Å². The van der Waals surface area contributed by atoms with Crippen LogP contribution in [0, 0.1) is 20.2 Å². The number of benzene rings is 6. The molecule has 58 heteroatoms. The summed E-state index contributed by atoms with van der Waals surface area (Å²) in [4.78, 5) is 153. The molecule has 0 aliphatic rings. The number of aromatic nitrogens is 3. The largest absolute Gasteiger partial charge is 0.466 e. The number of aromatic amines is 3. The maximum atomic E-state index is 12.9. The Labute approximate surface area is 703 Å². The van der Waals surface area contributed by atoms with Crippen molar-refractivity contribution in [2.45, 2.75) is 90.9 Å². The standard InChI is InChI=1S/C12H11F3N2O3.C12H9F3N2O2.C10H5F3N2O3.C10H6F3NO.C8H10N2O.2C6H7F3O3.C6H7N.HNO3.2H2O4S/c1-7(18)16-8-2-4-9(5-3-8)17-11(20)6-10(19)12(13,14)15;1-6(18)16-7-2-3-10-8(4-7)9(12(13,14)15)5-11(19)17-10;11-10(12,13)7-4-9(16)14-8-2-1-5(15(17)18)3-6(7)8;11-10(12,13)7-5-9(15)14-8-4-2-1-3-6(7)8;1-6(11)10-8-4-2-7(9)3-5-8;2*1-2-12-5(11)3-4(10)6(7,8)9;7-6-4-2-1-3-5-6;2-1(3)4;2*1-5(2,3)4/h2-5H,6H2,1H3,(H,16,18)(H,17,20);2-5H,1H3,(H,16,18)(H,17,19);1-4H,(H,14,16);1-5H,(H,14,15);2-5H,9H2,1H3,(H,10,11);2*2-3H2,1H3;1-5H,7H2;(H,2,3,4);2*(H2,1,2,3,4). The summed E-state index contributed by atoms with van der Waals surface area (Å²) in [5.41, 5.74) is 8.09. The minimum Gasteiger partial charge on any atom is -0.466 e. The minimum atomic E-state index is -5.02. The molecule has 9 aromatic rings. The van der Waals surface area contributed by atoms with Crippen LogP contribution in [0.3, 0.4) is 0 Å². The maximum absolute atomic E-state index is 12.9. The van der Waals surface area contributed by atoms with Crippen molar-refractivity contribution in [1.29, 1.82) is 0 Å². The highest BCUT2D eigenvalue weighted by molar-refractivity contribution is 7.80. The van der Waals surface area contributed by atoms with E-state index >= 15 is 0 Å². The molecule has 0 fully saturated rings. The lowest BCUT2D eigenvalue weighted by molar-refractivity contribution is -0.742. The number of anilines is 6. The van der Waals surface area contributed by atoms with E-state index in [2.05, 4.69) is 45.7 Å². The highest BCUT2D eigenvalue weighted by Crippen LogP contribution is 2.37. The summed E-state index contributed by atoms with van der Waals surface area (Å²) in [5, 5.41) is 33.3. The number of nitro groups is 1. The number of Topliss-reactive ketones (excluding diaryl/α,β-unsaturated/α-hetero) is 3. The van der Waals surface area contributed by atoms with Crippen LogP contribution in [0.4, 0.5) is 119 Å². The smallest absolute Gasteiger partial charge is 0.450 e. The van der Waals surface area contributed by atoms with E-state index in [0.29, 0.717) is 29.6 Å². The number of nitro benzene ring substituents is 1. The third-order valence-electron chi connectivity index (χ3n) is 12.9. The number of carbonyl (C=O) groups excluding carboxylic acids is 9. The van der Waals surface area contributed by atoms with Gasteiger partial charge in [0.2, 0.25) is 57.7 Å². The molecule has 0 saturated carbocycles. The van der Waals surface area contributed by atoms with E-state index < -0.39 is 173 Å². The summed E-state index contributed by atoms with van der Waals surface area (Å²) in [6.45, 7) is 6.84. The molecule has 16 N–H and O–H groups in total. The van der Waals surface area contributed by atoms with Gasteiger partial charge in [0, 0.05) is 118 Å². The lowest BCUT2D eigenvalue weighted by Crippen LogP contribution is -2.27. The summed E-state index contributed by atoms with van der Waals surface area (Å²) >= 11 is 0. The van der Waals surface area contributed by atoms with Gasteiger partial charge in [-0.1, -0.05) is 36.4 Å². The number of amides is 4. The van der Waals surface area contributed by atoms with Crippen molar-refractivity contribution < 1.29 is 182 Å². The average Bonchev–Trinajstić information content (AvgIpc) is 0.787. The van der Waals surface area contributed by atoms with E-state index in [1.807, 2.05) is 30.3 Å². The fraction of sp³-hybridized carbons (Fsp3) is 0.229. The molecule has 3 aromatic heterocycles. The normalized spacial score (nSPS) is 10.9.